The monoisotopic (exact) mass is 359 g/mol. The van der Waals surface area contributed by atoms with Crippen LogP contribution in [0.3, 0.4) is 0 Å². The third-order valence-corrected chi connectivity index (χ3v) is 4.28. The van der Waals surface area contributed by atoms with Crippen LogP contribution in [0.5, 0.6) is 5.75 Å². The molecular formula is C20H25NO3S. The Labute approximate surface area is 153 Å². The van der Waals surface area contributed by atoms with Crippen molar-refractivity contribution in [2.75, 3.05) is 24.8 Å². The molecule has 0 radical (unpaired) electrons. The van der Waals surface area contributed by atoms with Crippen molar-refractivity contribution in [1.29, 1.82) is 0 Å². The summed E-state index contributed by atoms with van der Waals surface area (Å²) in [6.45, 7) is 5.70. The fraction of sp³-hybridized carbons (Fsp3) is 0.350. The summed E-state index contributed by atoms with van der Waals surface area (Å²) in [7, 11) is 0. The Morgan fingerprint density at radius 2 is 2.00 bits per heavy atom. The van der Waals surface area contributed by atoms with Crippen molar-refractivity contribution in [1.82, 2.24) is 0 Å². The highest BCUT2D eigenvalue weighted by atomic mass is 32.2. The second-order valence-electron chi connectivity index (χ2n) is 5.49. The van der Waals surface area contributed by atoms with Crippen LogP contribution in [0.4, 0.5) is 5.69 Å². The van der Waals surface area contributed by atoms with Crippen LogP contribution < -0.4 is 10.1 Å². The van der Waals surface area contributed by atoms with E-state index in [9.17, 15) is 4.79 Å². The van der Waals surface area contributed by atoms with Crippen LogP contribution in [0.1, 0.15) is 36.2 Å². The number of anilines is 1. The lowest BCUT2D eigenvalue weighted by atomic mass is 10.1. The first-order chi connectivity index (χ1) is 12.2. The van der Waals surface area contributed by atoms with E-state index in [0.29, 0.717) is 25.4 Å². The van der Waals surface area contributed by atoms with Crippen LogP contribution in [-0.2, 0) is 11.3 Å². The van der Waals surface area contributed by atoms with Gasteiger partial charge >= 0.3 is 0 Å². The Morgan fingerprint density at radius 3 is 2.72 bits per heavy atom. The molecule has 0 saturated carbocycles. The molecule has 5 heteroatoms. The lowest BCUT2D eigenvalue weighted by Gasteiger charge is -2.13. The predicted octanol–water partition coefficient (Wildman–Crippen LogP) is 4.99. The van der Waals surface area contributed by atoms with Gasteiger partial charge in [-0.3, -0.25) is 4.79 Å². The number of nitrogens with one attached hydrogen (secondary N) is 1. The molecule has 2 aromatic carbocycles. The number of hydrogen-bond donors (Lipinski definition) is 1. The molecule has 0 heterocycles. The van der Waals surface area contributed by atoms with Crippen molar-refractivity contribution in [3.63, 3.8) is 0 Å². The molecular weight excluding hydrogens is 334 g/mol. The van der Waals surface area contributed by atoms with Gasteiger partial charge in [0.1, 0.15) is 5.75 Å². The summed E-state index contributed by atoms with van der Waals surface area (Å²) in [5.74, 6) is 0.623. The van der Waals surface area contributed by atoms with Crippen molar-refractivity contribution >= 4 is 23.4 Å². The van der Waals surface area contributed by atoms with Gasteiger partial charge in [-0.2, -0.15) is 0 Å². The first-order valence-corrected chi connectivity index (χ1v) is 9.69. The van der Waals surface area contributed by atoms with Crippen LogP contribution in [0.2, 0.25) is 0 Å². The quantitative estimate of drug-likeness (QED) is 0.506. The van der Waals surface area contributed by atoms with Crippen molar-refractivity contribution in [3.05, 3.63) is 53.6 Å². The van der Waals surface area contributed by atoms with Crippen LogP contribution in [0.15, 0.2) is 47.4 Å². The molecule has 2 aromatic rings. The molecule has 0 spiro atoms. The van der Waals surface area contributed by atoms with Crippen LogP contribution in [0.25, 0.3) is 0 Å². The molecule has 0 aliphatic carbocycles. The van der Waals surface area contributed by atoms with E-state index in [0.717, 1.165) is 28.3 Å². The van der Waals surface area contributed by atoms with E-state index in [1.807, 2.05) is 49.6 Å². The molecule has 0 aliphatic heterocycles. The minimum Gasteiger partial charge on any atom is -0.494 e. The molecule has 0 fully saturated rings. The first kappa shape index (κ1) is 19.3. The number of thioether (sulfide) groups is 1. The van der Waals surface area contributed by atoms with Crippen molar-refractivity contribution < 1.29 is 14.3 Å². The highest BCUT2D eigenvalue weighted by molar-refractivity contribution is 7.98. The average Bonchev–Trinajstić information content (AvgIpc) is 2.63. The van der Waals surface area contributed by atoms with Crippen LogP contribution in [0, 0.1) is 0 Å². The minimum atomic E-state index is -0.141. The first-order valence-electron chi connectivity index (χ1n) is 8.46. The van der Waals surface area contributed by atoms with E-state index in [1.165, 1.54) is 0 Å². The molecule has 0 aliphatic rings. The maximum atomic E-state index is 12.6. The lowest BCUT2D eigenvalue weighted by molar-refractivity contribution is 0.102. The molecule has 4 nitrogen and oxygen atoms in total. The molecule has 2 rings (SSSR count). The van der Waals surface area contributed by atoms with Gasteiger partial charge in [-0.1, -0.05) is 13.0 Å². The number of amides is 1. The van der Waals surface area contributed by atoms with Gasteiger partial charge in [0.2, 0.25) is 0 Å². The van der Waals surface area contributed by atoms with Crippen molar-refractivity contribution in [3.8, 4) is 5.75 Å². The molecule has 1 amide bonds. The Morgan fingerprint density at radius 1 is 1.16 bits per heavy atom. The van der Waals surface area contributed by atoms with Gasteiger partial charge in [0.25, 0.3) is 5.91 Å². The highest BCUT2D eigenvalue weighted by Gasteiger charge is 2.11. The fourth-order valence-corrected chi connectivity index (χ4v) is 2.82. The Hall–Kier alpha value is -1.98. The molecule has 1 N–H and O–H groups in total. The normalized spacial score (nSPS) is 10.5. The average molecular weight is 359 g/mol. The van der Waals surface area contributed by atoms with Crippen molar-refractivity contribution in [2.24, 2.45) is 0 Å². The number of hydrogen-bond acceptors (Lipinski definition) is 4. The van der Waals surface area contributed by atoms with E-state index in [-0.39, 0.29) is 5.91 Å². The zero-order valence-electron chi connectivity index (χ0n) is 15.0. The number of carbonyl (C=O) groups is 1. The van der Waals surface area contributed by atoms with Gasteiger partial charge in [0.15, 0.2) is 0 Å². The van der Waals surface area contributed by atoms with E-state index < -0.39 is 0 Å². The maximum absolute atomic E-state index is 12.6. The molecule has 25 heavy (non-hydrogen) atoms. The number of rotatable bonds is 9. The second-order valence-corrected chi connectivity index (χ2v) is 6.37. The van der Waals surface area contributed by atoms with Crippen LogP contribution >= 0.6 is 11.8 Å². The number of benzene rings is 2. The van der Waals surface area contributed by atoms with Gasteiger partial charge in [-0.05, 0) is 56.0 Å². The number of ether oxygens (including phenoxy) is 2. The summed E-state index contributed by atoms with van der Waals surface area (Å²) >= 11 is 1.64. The van der Waals surface area contributed by atoms with Gasteiger partial charge in [0.05, 0.1) is 13.2 Å². The summed E-state index contributed by atoms with van der Waals surface area (Å²) in [4.78, 5) is 13.7. The molecule has 0 atom stereocenters. The van der Waals surface area contributed by atoms with E-state index in [1.54, 1.807) is 17.8 Å². The summed E-state index contributed by atoms with van der Waals surface area (Å²) in [6, 6.07) is 13.3. The smallest absolute Gasteiger partial charge is 0.255 e. The van der Waals surface area contributed by atoms with Gasteiger partial charge in [-0.15, -0.1) is 11.8 Å². The Kier molecular flexibility index (Phi) is 7.82. The largest absolute Gasteiger partial charge is 0.494 e. The fourth-order valence-electron chi connectivity index (χ4n) is 2.36. The Balaban J connectivity index is 2.16. The lowest BCUT2D eigenvalue weighted by Crippen LogP contribution is -2.13. The predicted molar refractivity (Wildman–Crippen MR) is 104 cm³/mol. The zero-order valence-corrected chi connectivity index (χ0v) is 15.8. The van der Waals surface area contributed by atoms with E-state index in [4.69, 9.17) is 9.47 Å². The third kappa shape index (κ3) is 5.80. The summed E-state index contributed by atoms with van der Waals surface area (Å²) in [5.41, 5.74) is 2.27. The van der Waals surface area contributed by atoms with Gasteiger partial charge in [0, 0.05) is 28.3 Å². The summed E-state index contributed by atoms with van der Waals surface area (Å²) in [6.07, 6.45) is 2.96. The van der Waals surface area contributed by atoms with Crippen LogP contribution in [-0.4, -0.2) is 25.4 Å². The summed E-state index contributed by atoms with van der Waals surface area (Å²) in [5, 5.41) is 2.94. The zero-order chi connectivity index (χ0) is 18.1. The van der Waals surface area contributed by atoms with Gasteiger partial charge < -0.3 is 14.8 Å². The molecule has 134 valence electrons. The molecule has 0 aromatic heterocycles. The SMILES string of the molecule is CCCOCc1cc(C(=O)Nc2cccc(SC)c2)ccc1OCC. The maximum Gasteiger partial charge on any atom is 0.255 e. The highest BCUT2D eigenvalue weighted by Crippen LogP contribution is 2.23. The Bertz CT molecular complexity index is 703. The number of carbonyl (C=O) groups excluding carboxylic acids is 1. The van der Waals surface area contributed by atoms with E-state index >= 15 is 0 Å². The summed E-state index contributed by atoms with van der Waals surface area (Å²) < 4.78 is 11.3. The second kappa shape index (κ2) is 10.1. The topological polar surface area (TPSA) is 47.6 Å². The van der Waals surface area contributed by atoms with E-state index in [2.05, 4.69) is 12.2 Å². The standard InChI is InChI=1S/C20H25NO3S/c1-4-11-23-14-16-12-15(9-10-19(16)24-5-2)20(22)21-17-7-6-8-18(13-17)25-3/h6-10,12-13H,4-5,11,14H2,1-3H3,(H,21,22). The molecule has 0 bridgehead atoms. The molecule has 0 unspecified atom stereocenters. The van der Waals surface area contributed by atoms with Crippen molar-refractivity contribution in [2.45, 2.75) is 31.8 Å². The molecule has 0 saturated heterocycles. The van der Waals surface area contributed by atoms with Gasteiger partial charge in [-0.25, -0.2) is 0 Å². The third-order valence-electron chi connectivity index (χ3n) is 3.56. The minimum absolute atomic E-state index is 0.141.